The first-order valence-electron chi connectivity index (χ1n) is 7.34. The zero-order valence-electron chi connectivity index (χ0n) is 13.1. The summed E-state index contributed by atoms with van der Waals surface area (Å²) in [5, 5.41) is 0.674. The lowest BCUT2D eigenvalue weighted by Gasteiger charge is -2.08. The molecule has 0 aliphatic carbocycles. The van der Waals surface area contributed by atoms with Crippen LogP contribution >= 0.6 is 0 Å². The Hall–Kier alpha value is -3.28. The quantitative estimate of drug-likeness (QED) is 0.585. The van der Waals surface area contributed by atoms with Crippen LogP contribution in [-0.4, -0.2) is 24.2 Å². The fourth-order valence-electron chi connectivity index (χ4n) is 2.69. The Morgan fingerprint density at radius 2 is 1.92 bits per heavy atom. The van der Waals surface area contributed by atoms with Gasteiger partial charge in [-0.3, -0.25) is 0 Å². The highest BCUT2D eigenvalue weighted by Crippen LogP contribution is 2.32. The van der Waals surface area contributed by atoms with Crippen LogP contribution in [0.2, 0.25) is 0 Å². The van der Waals surface area contributed by atoms with Crippen LogP contribution in [0.3, 0.4) is 0 Å². The molecular formula is C18H14N2O4. The van der Waals surface area contributed by atoms with Crippen molar-refractivity contribution in [2.45, 2.75) is 0 Å². The van der Waals surface area contributed by atoms with Crippen LogP contribution in [0, 0.1) is 0 Å². The van der Waals surface area contributed by atoms with Crippen molar-refractivity contribution in [3.8, 4) is 22.9 Å². The zero-order valence-corrected chi connectivity index (χ0v) is 13.1. The first-order chi connectivity index (χ1) is 11.7. The topological polar surface area (TPSA) is 77.4 Å². The Labute approximate surface area is 136 Å². The highest BCUT2D eigenvalue weighted by Gasteiger charge is 2.15. The first kappa shape index (κ1) is 14.3. The second-order valence-corrected chi connectivity index (χ2v) is 5.29. The van der Waals surface area contributed by atoms with Gasteiger partial charge in [0.15, 0.2) is 0 Å². The summed E-state index contributed by atoms with van der Waals surface area (Å²) in [6.07, 6.45) is 0. The van der Waals surface area contributed by atoms with Gasteiger partial charge in [-0.25, -0.2) is 9.78 Å². The maximum Gasteiger partial charge on any atom is 0.347 e. The molecule has 0 aliphatic rings. The minimum Gasteiger partial charge on any atom is -0.496 e. The molecule has 0 saturated carbocycles. The SMILES string of the molecule is COc1cc(OC)c2cc(-c3nc4ccccc4[nH]3)c(=O)oc2c1. The van der Waals surface area contributed by atoms with Gasteiger partial charge >= 0.3 is 5.63 Å². The average Bonchev–Trinajstić information content (AvgIpc) is 3.03. The van der Waals surface area contributed by atoms with Gasteiger partial charge in [-0.05, 0) is 18.2 Å². The lowest BCUT2D eigenvalue weighted by Crippen LogP contribution is -2.04. The minimum absolute atomic E-state index is 0.349. The number of fused-ring (bicyclic) bond motifs is 2. The second-order valence-electron chi connectivity index (χ2n) is 5.29. The van der Waals surface area contributed by atoms with Crippen LogP contribution in [0.4, 0.5) is 0 Å². The molecule has 1 N–H and O–H groups in total. The van der Waals surface area contributed by atoms with Gasteiger partial charge < -0.3 is 18.9 Å². The van der Waals surface area contributed by atoms with E-state index in [1.165, 1.54) is 0 Å². The largest absolute Gasteiger partial charge is 0.496 e. The molecule has 0 atom stereocenters. The van der Waals surface area contributed by atoms with E-state index < -0.39 is 5.63 Å². The Morgan fingerprint density at radius 1 is 1.08 bits per heavy atom. The number of hydrogen-bond donors (Lipinski definition) is 1. The molecule has 4 rings (SSSR count). The molecule has 0 amide bonds. The summed E-state index contributed by atoms with van der Waals surface area (Å²) in [6.45, 7) is 0. The van der Waals surface area contributed by atoms with Crippen molar-refractivity contribution in [1.29, 1.82) is 0 Å². The van der Waals surface area contributed by atoms with E-state index in [0.29, 0.717) is 33.9 Å². The lowest BCUT2D eigenvalue weighted by atomic mass is 10.1. The smallest absolute Gasteiger partial charge is 0.347 e. The number of aromatic amines is 1. The van der Waals surface area contributed by atoms with Crippen LogP contribution in [0.15, 0.2) is 51.7 Å². The van der Waals surface area contributed by atoms with Crippen molar-refractivity contribution in [1.82, 2.24) is 9.97 Å². The van der Waals surface area contributed by atoms with E-state index in [1.807, 2.05) is 24.3 Å². The van der Waals surface area contributed by atoms with E-state index in [9.17, 15) is 4.79 Å². The van der Waals surface area contributed by atoms with Gasteiger partial charge in [-0.15, -0.1) is 0 Å². The van der Waals surface area contributed by atoms with Gasteiger partial charge in [0.25, 0.3) is 0 Å². The van der Waals surface area contributed by atoms with Crippen LogP contribution in [0.1, 0.15) is 0 Å². The molecule has 2 aromatic carbocycles. The molecule has 120 valence electrons. The minimum atomic E-state index is -0.475. The number of rotatable bonds is 3. The maximum absolute atomic E-state index is 12.4. The van der Waals surface area contributed by atoms with Crippen molar-refractivity contribution in [2.24, 2.45) is 0 Å². The van der Waals surface area contributed by atoms with Crippen molar-refractivity contribution in [3.63, 3.8) is 0 Å². The predicted molar refractivity (Wildman–Crippen MR) is 90.7 cm³/mol. The highest BCUT2D eigenvalue weighted by molar-refractivity contribution is 5.89. The van der Waals surface area contributed by atoms with Crippen LogP contribution in [0.5, 0.6) is 11.5 Å². The summed E-state index contributed by atoms with van der Waals surface area (Å²) < 4.78 is 16.0. The molecule has 6 nitrogen and oxygen atoms in total. The number of benzene rings is 2. The molecule has 2 heterocycles. The predicted octanol–water partition coefficient (Wildman–Crippen LogP) is 3.35. The molecule has 6 heteroatoms. The van der Waals surface area contributed by atoms with Gasteiger partial charge in [0, 0.05) is 12.1 Å². The molecule has 0 aliphatic heterocycles. The Kier molecular flexibility index (Phi) is 3.23. The number of para-hydroxylation sites is 2. The fourth-order valence-corrected chi connectivity index (χ4v) is 2.69. The third-order valence-corrected chi connectivity index (χ3v) is 3.89. The zero-order chi connectivity index (χ0) is 16.7. The molecule has 0 spiro atoms. The number of ether oxygens (including phenoxy) is 2. The summed E-state index contributed by atoms with van der Waals surface area (Å²) >= 11 is 0. The number of hydrogen-bond acceptors (Lipinski definition) is 5. The monoisotopic (exact) mass is 322 g/mol. The lowest BCUT2D eigenvalue weighted by molar-refractivity contribution is 0.396. The fraction of sp³-hybridized carbons (Fsp3) is 0.111. The van der Waals surface area contributed by atoms with E-state index in [-0.39, 0.29) is 0 Å². The molecule has 0 radical (unpaired) electrons. The van der Waals surface area contributed by atoms with Gasteiger partial charge in [-0.1, -0.05) is 12.1 Å². The molecule has 4 aromatic rings. The summed E-state index contributed by atoms with van der Waals surface area (Å²) in [5.74, 6) is 1.58. The summed E-state index contributed by atoms with van der Waals surface area (Å²) in [4.78, 5) is 20.0. The second kappa shape index (κ2) is 5.42. The molecule has 0 bridgehead atoms. The molecule has 2 aromatic heterocycles. The maximum atomic E-state index is 12.4. The van der Waals surface area contributed by atoms with Crippen molar-refractivity contribution < 1.29 is 13.9 Å². The number of H-pyrrole nitrogens is 1. The van der Waals surface area contributed by atoms with E-state index in [0.717, 1.165) is 11.0 Å². The van der Waals surface area contributed by atoms with Crippen molar-refractivity contribution >= 4 is 22.0 Å². The normalized spacial score (nSPS) is 11.1. The summed E-state index contributed by atoms with van der Waals surface area (Å²) in [6, 6.07) is 12.7. The van der Waals surface area contributed by atoms with Gasteiger partial charge in [-0.2, -0.15) is 0 Å². The first-order valence-corrected chi connectivity index (χ1v) is 7.34. The van der Waals surface area contributed by atoms with Gasteiger partial charge in [0.2, 0.25) is 0 Å². The standard InChI is InChI=1S/C18H14N2O4/c1-22-10-7-15(23-2)11-9-12(18(21)24-16(11)8-10)17-19-13-5-3-4-6-14(13)20-17/h3-9H,1-2H3,(H,19,20). The van der Waals surface area contributed by atoms with E-state index in [1.54, 1.807) is 32.4 Å². The third kappa shape index (κ3) is 2.20. The van der Waals surface area contributed by atoms with E-state index in [2.05, 4.69) is 9.97 Å². The Balaban J connectivity index is 1.98. The summed E-state index contributed by atoms with van der Waals surface area (Å²) in [5.41, 5.74) is 1.91. The molecule has 0 unspecified atom stereocenters. The van der Waals surface area contributed by atoms with Crippen LogP contribution < -0.4 is 15.1 Å². The Bertz CT molecular complexity index is 1080. The van der Waals surface area contributed by atoms with Crippen LogP contribution in [-0.2, 0) is 0 Å². The molecule has 0 saturated heterocycles. The average molecular weight is 322 g/mol. The molecular weight excluding hydrogens is 308 g/mol. The van der Waals surface area contributed by atoms with Crippen molar-refractivity contribution in [3.05, 3.63) is 52.9 Å². The van der Waals surface area contributed by atoms with Gasteiger partial charge in [0.05, 0.1) is 30.6 Å². The number of aromatic nitrogens is 2. The van der Waals surface area contributed by atoms with E-state index >= 15 is 0 Å². The number of imidazole rings is 1. The molecule has 0 fully saturated rings. The van der Waals surface area contributed by atoms with Crippen LogP contribution in [0.25, 0.3) is 33.4 Å². The van der Waals surface area contributed by atoms with Crippen molar-refractivity contribution in [2.75, 3.05) is 14.2 Å². The third-order valence-electron chi connectivity index (χ3n) is 3.89. The summed E-state index contributed by atoms with van der Waals surface area (Å²) in [7, 11) is 3.10. The van der Waals surface area contributed by atoms with Gasteiger partial charge in [0.1, 0.15) is 28.5 Å². The highest BCUT2D eigenvalue weighted by atomic mass is 16.5. The van der Waals surface area contributed by atoms with E-state index in [4.69, 9.17) is 13.9 Å². The number of methoxy groups -OCH3 is 2. The number of nitrogens with one attached hydrogen (secondary N) is 1. The Morgan fingerprint density at radius 3 is 2.67 bits per heavy atom. The molecule has 24 heavy (non-hydrogen) atoms. The number of nitrogens with zero attached hydrogens (tertiary/aromatic N) is 1.